The molecule has 0 aliphatic carbocycles. The van der Waals surface area contributed by atoms with Gasteiger partial charge in [0.1, 0.15) is 5.69 Å². The molecule has 0 saturated carbocycles. The Morgan fingerprint density at radius 2 is 1.75 bits per heavy atom. The molecule has 3 aromatic rings. The summed E-state index contributed by atoms with van der Waals surface area (Å²) in [6.07, 6.45) is 0. The van der Waals surface area contributed by atoms with Gasteiger partial charge in [-0.25, -0.2) is 4.68 Å². The van der Waals surface area contributed by atoms with Gasteiger partial charge in [0.05, 0.1) is 17.9 Å². The van der Waals surface area contributed by atoms with E-state index in [4.69, 9.17) is 11.6 Å². The zero-order valence-electron chi connectivity index (χ0n) is 16.1. The van der Waals surface area contributed by atoms with Crippen LogP contribution in [0.1, 0.15) is 24.2 Å². The smallest absolute Gasteiger partial charge is 0.295 e. The van der Waals surface area contributed by atoms with Gasteiger partial charge in [-0.15, -0.1) is 0 Å². The van der Waals surface area contributed by atoms with Crippen molar-refractivity contribution in [3.63, 3.8) is 0 Å². The van der Waals surface area contributed by atoms with Gasteiger partial charge in [0.25, 0.3) is 5.56 Å². The van der Waals surface area contributed by atoms with Crippen molar-refractivity contribution in [3.05, 3.63) is 81.2 Å². The van der Waals surface area contributed by atoms with Crippen LogP contribution in [0.5, 0.6) is 0 Å². The molecule has 0 radical (unpaired) electrons. The summed E-state index contributed by atoms with van der Waals surface area (Å²) >= 11 is 5.90. The van der Waals surface area contributed by atoms with E-state index in [9.17, 15) is 9.59 Å². The monoisotopic (exact) mass is 398 g/mol. The average molecular weight is 399 g/mol. The highest BCUT2D eigenvalue weighted by molar-refractivity contribution is 6.30. The van der Waals surface area contributed by atoms with Crippen molar-refractivity contribution in [2.45, 2.75) is 19.9 Å². The van der Waals surface area contributed by atoms with Crippen LogP contribution in [0.25, 0.3) is 5.69 Å². The molecule has 1 aromatic heterocycles. The van der Waals surface area contributed by atoms with E-state index >= 15 is 0 Å². The minimum absolute atomic E-state index is 0.0270. The Hall–Kier alpha value is -2.83. The Labute approximate surface area is 168 Å². The Morgan fingerprint density at radius 3 is 2.39 bits per heavy atom. The van der Waals surface area contributed by atoms with Crippen LogP contribution in [0.2, 0.25) is 5.02 Å². The molecule has 0 aliphatic rings. The highest BCUT2D eigenvalue weighted by Gasteiger charge is 2.18. The number of para-hydroxylation sites is 1. The topological polar surface area (TPSA) is 68.1 Å². The summed E-state index contributed by atoms with van der Waals surface area (Å²) in [7, 11) is 1.79. The minimum atomic E-state index is -0.271. The zero-order chi connectivity index (χ0) is 20.3. The summed E-state index contributed by atoms with van der Waals surface area (Å²) in [6.45, 7) is 3.86. The molecule has 0 saturated heterocycles. The summed E-state index contributed by atoms with van der Waals surface area (Å²) in [5, 5.41) is 6.58. The van der Waals surface area contributed by atoms with Gasteiger partial charge in [-0.3, -0.25) is 14.3 Å². The predicted molar refractivity (Wildman–Crippen MR) is 112 cm³/mol. The fourth-order valence-electron chi connectivity index (χ4n) is 3.01. The molecule has 2 N–H and O–H groups in total. The van der Waals surface area contributed by atoms with E-state index < -0.39 is 0 Å². The number of anilines is 1. The third-order valence-corrected chi connectivity index (χ3v) is 5.01. The van der Waals surface area contributed by atoms with Gasteiger partial charge in [-0.2, -0.15) is 0 Å². The number of nitrogens with zero attached hydrogens (tertiary/aromatic N) is 2. The minimum Gasteiger partial charge on any atom is -0.319 e. The maximum Gasteiger partial charge on any atom is 0.295 e. The number of hydrogen-bond donors (Lipinski definition) is 2. The first-order chi connectivity index (χ1) is 13.4. The molecule has 6 nitrogen and oxygen atoms in total. The Balaban J connectivity index is 1.71. The first kappa shape index (κ1) is 19.9. The van der Waals surface area contributed by atoms with E-state index in [0.29, 0.717) is 10.7 Å². The molecular weight excluding hydrogens is 376 g/mol. The van der Waals surface area contributed by atoms with E-state index in [2.05, 4.69) is 10.6 Å². The summed E-state index contributed by atoms with van der Waals surface area (Å²) in [6, 6.07) is 16.7. The maximum atomic E-state index is 12.8. The van der Waals surface area contributed by atoms with Crippen molar-refractivity contribution >= 4 is 23.2 Å². The largest absolute Gasteiger partial charge is 0.319 e. The molecule has 1 heterocycles. The summed E-state index contributed by atoms with van der Waals surface area (Å²) in [5.41, 5.74) is 2.49. The lowest BCUT2D eigenvalue weighted by Gasteiger charge is -2.14. The lowest BCUT2D eigenvalue weighted by atomic mass is 10.1. The van der Waals surface area contributed by atoms with Gasteiger partial charge in [0, 0.05) is 18.1 Å². The first-order valence-electron chi connectivity index (χ1n) is 9.01. The third kappa shape index (κ3) is 4.18. The molecule has 1 amide bonds. The van der Waals surface area contributed by atoms with Crippen LogP contribution < -0.4 is 16.2 Å². The molecule has 28 heavy (non-hydrogen) atoms. The van der Waals surface area contributed by atoms with Crippen LogP contribution >= 0.6 is 11.6 Å². The standard InChI is InChI=1S/C21H23ClN4O2/c1-14(16-9-11-17(22)12-10-16)23-13-19(27)24-20-15(2)25(3)26(21(20)28)18-7-5-4-6-8-18/h4-12,14,23H,13H2,1-3H3,(H,24,27)/t14-/m1/s1. The zero-order valence-corrected chi connectivity index (χ0v) is 16.8. The van der Waals surface area contributed by atoms with Crippen molar-refractivity contribution < 1.29 is 4.79 Å². The number of carbonyl (C=O) groups is 1. The van der Waals surface area contributed by atoms with Gasteiger partial charge < -0.3 is 10.6 Å². The van der Waals surface area contributed by atoms with Crippen LogP contribution in [0.15, 0.2) is 59.4 Å². The Bertz CT molecular complexity index is 1020. The molecule has 2 aromatic carbocycles. The van der Waals surface area contributed by atoms with Crippen molar-refractivity contribution in [2.24, 2.45) is 7.05 Å². The second kappa shape index (κ2) is 8.46. The van der Waals surface area contributed by atoms with Gasteiger partial charge in [-0.1, -0.05) is 41.9 Å². The average Bonchev–Trinajstić information content (AvgIpc) is 2.90. The number of carbonyl (C=O) groups excluding carboxylic acids is 1. The normalized spacial score (nSPS) is 12.0. The summed E-state index contributed by atoms with van der Waals surface area (Å²) < 4.78 is 3.27. The summed E-state index contributed by atoms with van der Waals surface area (Å²) in [4.78, 5) is 25.2. The van der Waals surface area contributed by atoms with Crippen molar-refractivity contribution in [3.8, 4) is 5.69 Å². The van der Waals surface area contributed by atoms with Crippen LogP contribution in [0, 0.1) is 6.92 Å². The molecule has 3 rings (SSSR count). The molecule has 0 spiro atoms. The molecule has 0 aliphatic heterocycles. The van der Waals surface area contributed by atoms with Crippen molar-refractivity contribution in [1.29, 1.82) is 0 Å². The van der Waals surface area contributed by atoms with Crippen molar-refractivity contribution in [1.82, 2.24) is 14.7 Å². The third-order valence-electron chi connectivity index (χ3n) is 4.76. The maximum absolute atomic E-state index is 12.8. The molecule has 0 bridgehead atoms. The second-order valence-corrected chi connectivity index (χ2v) is 7.08. The van der Waals surface area contributed by atoms with Gasteiger partial charge >= 0.3 is 0 Å². The number of rotatable bonds is 6. The molecule has 7 heteroatoms. The Morgan fingerprint density at radius 1 is 1.11 bits per heavy atom. The quantitative estimate of drug-likeness (QED) is 0.668. The van der Waals surface area contributed by atoms with Gasteiger partial charge in [0.15, 0.2) is 0 Å². The second-order valence-electron chi connectivity index (χ2n) is 6.64. The SMILES string of the molecule is Cc1c(NC(=O)CN[C@H](C)c2ccc(Cl)cc2)c(=O)n(-c2ccccc2)n1C. The van der Waals surface area contributed by atoms with Crippen LogP contribution in [0.3, 0.4) is 0 Å². The summed E-state index contributed by atoms with van der Waals surface area (Å²) in [5.74, 6) is -0.271. The number of hydrogen-bond acceptors (Lipinski definition) is 3. The Kier molecular flexibility index (Phi) is 6.02. The number of nitrogens with one attached hydrogen (secondary N) is 2. The molecule has 0 unspecified atom stereocenters. The highest BCUT2D eigenvalue weighted by Crippen LogP contribution is 2.16. The fourth-order valence-corrected chi connectivity index (χ4v) is 3.14. The molecule has 146 valence electrons. The number of benzene rings is 2. The van der Waals surface area contributed by atoms with Gasteiger partial charge in [-0.05, 0) is 43.7 Å². The predicted octanol–water partition coefficient (Wildman–Crippen LogP) is 3.43. The van der Waals surface area contributed by atoms with E-state index in [1.165, 1.54) is 4.68 Å². The van der Waals surface area contributed by atoms with E-state index in [0.717, 1.165) is 11.3 Å². The number of amides is 1. The lowest BCUT2D eigenvalue weighted by molar-refractivity contribution is -0.115. The number of aromatic nitrogens is 2. The molecular formula is C21H23ClN4O2. The van der Waals surface area contributed by atoms with Crippen LogP contribution in [-0.2, 0) is 11.8 Å². The molecule has 1 atom stereocenters. The fraction of sp³-hybridized carbons (Fsp3) is 0.238. The van der Waals surface area contributed by atoms with Crippen LogP contribution in [0.4, 0.5) is 5.69 Å². The van der Waals surface area contributed by atoms with Crippen molar-refractivity contribution in [2.75, 3.05) is 11.9 Å². The van der Waals surface area contributed by atoms with Gasteiger partial charge in [0.2, 0.25) is 5.91 Å². The van der Waals surface area contributed by atoms with E-state index in [1.54, 1.807) is 18.7 Å². The van der Waals surface area contributed by atoms with E-state index in [1.807, 2.05) is 61.5 Å². The molecule has 0 fully saturated rings. The first-order valence-corrected chi connectivity index (χ1v) is 9.39. The number of halogens is 1. The highest BCUT2D eigenvalue weighted by atomic mass is 35.5. The van der Waals surface area contributed by atoms with E-state index in [-0.39, 0.29) is 29.7 Å². The lowest BCUT2D eigenvalue weighted by Crippen LogP contribution is -2.31. The van der Waals surface area contributed by atoms with Crippen LogP contribution in [-0.4, -0.2) is 21.8 Å².